The van der Waals surface area contributed by atoms with Crippen molar-refractivity contribution in [3.05, 3.63) is 52.0 Å². The Hall–Kier alpha value is -2.24. The lowest BCUT2D eigenvalue weighted by Gasteiger charge is -2.29. The first-order chi connectivity index (χ1) is 11.4. The Kier molecular flexibility index (Phi) is 4.64. The first-order valence-electron chi connectivity index (χ1n) is 7.23. The zero-order chi connectivity index (χ0) is 17.3. The number of benzene rings is 2. The lowest BCUT2D eigenvalue weighted by Crippen LogP contribution is -2.43. The number of amides is 2. The van der Waals surface area contributed by atoms with Gasteiger partial charge in [0, 0.05) is 11.1 Å². The molecule has 3 rings (SSSR count). The van der Waals surface area contributed by atoms with E-state index in [1.807, 2.05) is 13.0 Å². The quantitative estimate of drug-likeness (QED) is 0.903. The lowest BCUT2D eigenvalue weighted by atomic mass is 10.2. The SMILES string of the molecule is Cc1ccc(NC(=O)CN2C(=O)COc3cc(Cl)ccc32)c(Cl)c1. The minimum absolute atomic E-state index is 0.133. The van der Waals surface area contributed by atoms with E-state index in [1.54, 1.807) is 30.3 Å². The monoisotopic (exact) mass is 364 g/mol. The van der Waals surface area contributed by atoms with Crippen molar-refractivity contribution in [1.29, 1.82) is 0 Å². The van der Waals surface area contributed by atoms with Crippen LogP contribution in [0.4, 0.5) is 11.4 Å². The second-order valence-corrected chi connectivity index (χ2v) is 6.26. The van der Waals surface area contributed by atoms with Gasteiger partial charge in [0.05, 0.1) is 16.4 Å². The Balaban J connectivity index is 1.78. The molecule has 5 nitrogen and oxygen atoms in total. The van der Waals surface area contributed by atoms with Gasteiger partial charge in [0.1, 0.15) is 12.3 Å². The van der Waals surface area contributed by atoms with E-state index in [0.717, 1.165) is 5.56 Å². The Bertz CT molecular complexity index is 823. The van der Waals surface area contributed by atoms with E-state index in [2.05, 4.69) is 5.32 Å². The number of carbonyl (C=O) groups is 2. The molecule has 0 saturated carbocycles. The molecule has 0 aliphatic carbocycles. The zero-order valence-electron chi connectivity index (χ0n) is 12.8. The number of fused-ring (bicyclic) bond motifs is 1. The Labute approximate surface area is 149 Å². The van der Waals surface area contributed by atoms with Gasteiger partial charge in [-0.3, -0.25) is 14.5 Å². The normalized spacial score (nSPS) is 13.3. The second-order valence-electron chi connectivity index (χ2n) is 5.41. The molecule has 24 heavy (non-hydrogen) atoms. The molecule has 7 heteroatoms. The van der Waals surface area contributed by atoms with Crippen molar-refractivity contribution in [2.75, 3.05) is 23.4 Å². The van der Waals surface area contributed by atoms with Crippen LogP contribution in [0.15, 0.2) is 36.4 Å². The van der Waals surface area contributed by atoms with Crippen LogP contribution in [-0.2, 0) is 9.59 Å². The number of hydrogen-bond donors (Lipinski definition) is 1. The number of hydrogen-bond acceptors (Lipinski definition) is 3. The van der Waals surface area contributed by atoms with Gasteiger partial charge in [0.25, 0.3) is 5.91 Å². The van der Waals surface area contributed by atoms with Crippen LogP contribution in [-0.4, -0.2) is 25.0 Å². The van der Waals surface area contributed by atoms with E-state index in [9.17, 15) is 9.59 Å². The molecule has 1 N–H and O–H groups in total. The number of nitrogens with zero attached hydrogens (tertiary/aromatic N) is 1. The summed E-state index contributed by atoms with van der Waals surface area (Å²) in [4.78, 5) is 25.8. The summed E-state index contributed by atoms with van der Waals surface area (Å²) in [6, 6.07) is 10.2. The number of aryl methyl sites for hydroxylation is 1. The predicted molar refractivity (Wildman–Crippen MR) is 94.1 cm³/mol. The lowest BCUT2D eigenvalue weighted by molar-refractivity contribution is -0.123. The average Bonchev–Trinajstić information content (AvgIpc) is 2.53. The second kappa shape index (κ2) is 6.71. The molecule has 0 saturated heterocycles. The third-order valence-corrected chi connectivity index (χ3v) is 4.11. The molecule has 2 aromatic carbocycles. The fourth-order valence-corrected chi connectivity index (χ4v) is 2.85. The Morgan fingerprint density at radius 3 is 2.79 bits per heavy atom. The number of nitrogens with one attached hydrogen (secondary N) is 1. The van der Waals surface area contributed by atoms with E-state index in [1.165, 1.54) is 4.90 Å². The minimum atomic E-state index is -0.350. The van der Waals surface area contributed by atoms with Crippen LogP contribution in [0.25, 0.3) is 0 Å². The first kappa shape index (κ1) is 16.6. The topological polar surface area (TPSA) is 58.6 Å². The molecule has 2 amide bonds. The van der Waals surface area contributed by atoms with Crippen molar-refractivity contribution in [1.82, 2.24) is 0 Å². The number of rotatable bonds is 3. The maximum atomic E-state index is 12.3. The van der Waals surface area contributed by atoms with E-state index >= 15 is 0 Å². The van der Waals surface area contributed by atoms with Crippen molar-refractivity contribution in [3.8, 4) is 5.75 Å². The summed E-state index contributed by atoms with van der Waals surface area (Å²) >= 11 is 12.0. The van der Waals surface area contributed by atoms with Gasteiger partial charge in [-0.2, -0.15) is 0 Å². The fourth-order valence-electron chi connectivity index (χ4n) is 2.41. The van der Waals surface area contributed by atoms with Crippen molar-refractivity contribution in [2.45, 2.75) is 6.92 Å². The van der Waals surface area contributed by atoms with Crippen molar-refractivity contribution >= 4 is 46.4 Å². The van der Waals surface area contributed by atoms with Crippen molar-refractivity contribution in [3.63, 3.8) is 0 Å². The molecule has 124 valence electrons. The van der Waals surface area contributed by atoms with Crippen LogP contribution in [0.3, 0.4) is 0 Å². The molecule has 1 aliphatic heterocycles. The fraction of sp³-hybridized carbons (Fsp3) is 0.176. The molecule has 1 aliphatic rings. The molecule has 0 unspecified atom stereocenters. The van der Waals surface area contributed by atoms with Crippen LogP contribution in [0.2, 0.25) is 10.0 Å². The Morgan fingerprint density at radius 1 is 1.25 bits per heavy atom. The Morgan fingerprint density at radius 2 is 2.04 bits per heavy atom. The summed E-state index contributed by atoms with van der Waals surface area (Å²) in [6.07, 6.45) is 0. The smallest absolute Gasteiger partial charge is 0.265 e. The molecular formula is C17H14Cl2N2O3. The summed E-state index contributed by atoms with van der Waals surface area (Å²) in [5.41, 5.74) is 2.01. The van der Waals surface area contributed by atoms with E-state index in [4.69, 9.17) is 27.9 Å². The summed E-state index contributed by atoms with van der Waals surface area (Å²) in [6.45, 7) is 1.64. The molecule has 0 spiro atoms. The van der Waals surface area contributed by atoms with Gasteiger partial charge in [0.2, 0.25) is 5.91 Å². The number of ether oxygens (including phenoxy) is 1. The van der Waals surface area contributed by atoms with Crippen LogP contribution in [0.5, 0.6) is 5.75 Å². The highest BCUT2D eigenvalue weighted by Gasteiger charge is 2.27. The number of halogens is 2. The van der Waals surface area contributed by atoms with Gasteiger partial charge in [-0.1, -0.05) is 29.3 Å². The highest BCUT2D eigenvalue weighted by atomic mass is 35.5. The maximum Gasteiger partial charge on any atom is 0.265 e. The molecule has 0 aromatic heterocycles. The van der Waals surface area contributed by atoms with Crippen LogP contribution >= 0.6 is 23.2 Å². The summed E-state index contributed by atoms with van der Waals surface area (Å²) in [5.74, 6) is -0.171. The highest BCUT2D eigenvalue weighted by Crippen LogP contribution is 2.34. The van der Waals surface area contributed by atoms with Crippen LogP contribution in [0.1, 0.15) is 5.56 Å². The third kappa shape index (κ3) is 3.47. The summed E-state index contributed by atoms with van der Waals surface area (Å²) in [5, 5.41) is 3.66. The molecule has 0 atom stereocenters. The number of carbonyl (C=O) groups excluding carboxylic acids is 2. The van der Waals surface area contributed by atoms with Crippen LogP contribution < -0.4 is 15.0 Å². The number of anilines is 2. The van der Waals surface area contributed by atoms with E-state index in [0.29, 0.717) is 27.2 Å². The standard InChI is InChI=1S/C17H14Cl2N2O3/c1-10-2-4-13(12(19)6-10)20-16(22)8-21-14-5-3-11(18)7-15(14)24-9-17(21)23/h2-7H,8-9H2,1H3,(H,20,22). The maximum absolute atomic E-state index is 12.3. The average molecular weight is 365 g/mol. The minimum Gasteiger partial charge on any atom is -0.482 e. The molecule has 0 radical (unpaired) electrons. The van der Waals surface area contributed by atoms with Gasteiger partial charge in [-0.25, -0.2) is 0 Å². The van der Waals surface area contributed by atoms with Gasteiger partial charge >= 0.3 is 0 Å². The summed E-state index contributed by atoms with van der Waals surface area (Å²) in [7, 11) is 0. The van der Waals surface area contributed by atoms with Gasteiger partial charge in [-0.15, -0.1) is 0 Å². The molecule has 1 heterocycles. The van der Waals surface area contributed by atoms with Gasteiger partial charge in [-0.05, 0) is 36.8 Å². The van der Waals surface area contributed by atoms with Gasteiger partial charge < -0.3 is 10.1 Å². The van der Waals surface area contributed by atoms with Crippen molar-refractivity contribution < 1.29 is 14.3 Å². The highest BCUT2D eigenvalue weighted by molar-refractivity contribution is 6.33. The van der Waals surface area contributed by atoms with E-state index < -0.39 is 0 Å². The van der Waals surface area contributed by atoms with Crippen molar-refractivity contribution in [2.24, 2.45) is 0 Å². The largest absolute Gasteiger partial charge is 0.482 e. The zero-order valence-corrected chi connectivity index (χ0v) is 14.3. The summed E-state index contributed by atoms with van der Waals surface area (Å²) < 4.78 is 5.35. The molecule has 0 bridgehead atoms. The van der Waals surface area contributed by atoms with Crippen LogP contribution in [0, 0.1) is 6.92 Å². The molecule has 2 aromatic rings. The third-order valence-electron chi connectivity index (χ3n) is 3.57. The van der Waals surface area contributed by atoms with Gasteiger partial charge in [0.15, 0.2) is 6.61 Å². The first-order valence-corrected chi connectivity index (χ1v) is 7.98. The van der Waals surface area contributed by atoms with E-state index in [-0.39, 0.29) is 25.0 Å². The molecular weight excluding hydrogens is 351 g/mol. The predicted octanol–water partition coefficient (Wildman–Crippen LogP) is 3.67. The molecule has 0 fully saturated rings.